The maximum atomic E-state index is 10.1. The van der Waals surface area contributed by atoms with E-state index in [1.807, 2.05) is 24.5 Å². The molecule has 0 unspecified atom stereocenters. The SMILES string of the molecule is C=CCn1c([C@@H](CCC(C)C)CC(C)(C)O)n[nH]c1=S. The van der Waals surface area contributed by atoms with Crippen LogP contribution < -0.4 is 0 Å². The van der Waals surface area contributed by atoms with Crippen LogP contribution in [0.15, 0.2) is 12.7 Å². The van der Waals surface area contributed by atoms with Crippen LogP contribution in [0.2, 0.25) is 0 Å². The molecule has 1 atom stereocenters. The molecule has 2 N–H and O–H groups in total. The minimum Gasteiger partial charge on any atom is -0.390 e. The fraction of sp³-hybridized carbons (Fsp3) is 0.733. The molecule has 20 heavy (non-hydrogen) atoms. The van der Waals surface area contributed by atoms with Crippen LogP contribution in [0.25, 0.3) is 0 Å². The van der Waals surface area contributed by atoms with Crippen molar-refractivity contribution in [3.63, 3.8) is 0 Å². The Kier molecular flexibility index (Phi) is 6.14. The minimum absolute atomic E-state index is 0.199. The first-order chi connectivity index (χ1) is 9.24. The molecule has 1 rings (SSSR count). The van der Waals surface area contributed by atoms with Gasteiger partial charge in [0, 0.05) is 12.5 Å². The van der Waals surface area contributed by atoms with Gasteiger partial charge in [0.2, 0.25) is 0 Å². The normalized spacial score (nSPS) is 13.7. The van der Waals surface area contributed by atoms with Gasteiger partial charge < -0.3 is 9.67 Å². The van der Waals surface area contributed by atoms with E-state index in [2.05, 4.69) is 30.6 Å². The quantitative estimate of drug-likeness (QED) is 0.567. The summed E-state index contributed by atoms with van der Waals surface area (Å²) in [5, 5.41) is 17.4. The van der Waals surface area contributed by atoms with Crippen molar-refractivity contribution >= 4 is 12.2 Å². The number of aromatic nitrogens is 3. The summed E-state index contributed by atoms with van der Waals surface area (Å²) in [6.45, 7) is 12.5. The van der Waals surface area contributed by atoms with Gasteiger partial charge in [0.15, 0.2) is 4.77 Å². The van der Waals surface area contributed by atoms with Crippen LogP contribution in [-0.4, -0.2) is 25.5 Å². The summed E-state index contributed by atoms with van der Waals surface area (Å²) in [6.07, 6.45) is 4.60. The fourth-order valence-electron chi connectivity index (χ4n) is 2.41. The van der Waals surface area contributed by atoms with Crippen molar-refractivity contribution < 1.29 is 5.11 Å². The van der Waals surface area contributed by atoms with Crippen LogP contribution in [0.5, 0.6) is 0 Å². The zero-order chi connectivity index (χ0) is 15.3. The Morgan fingerprint density at radius 2 is 2.10 bits per heavy atom. The van der Waals surface area contributed by atoms with Crippen molar-refractivity contribution in [1.82, 2.24) is 14.8 Å². The molecule has 0 amide bonds. The molecule has 0 radical (unpaired) electrons. The Morgan fingerprint density at radius 3 is 2.60 bits per heavy atom. The molecule has 0 aliphatic carbocycles. The lowest BCUT2D eigenvalue weighted by Crippen LogP contribution is -2.24. The second-order valence-electron chi connectivity index (χ2n) is 6.47. The Labute approximate surface area is 126 Å². The topological polar surface area (TPSA) is 53.8 Å². The first-order valence-corrected chi connectivity index (χ1v) is 7.63. The van der Waals surface area contributed by atoms with Crippen molar-refractivity contribution in [1.29, 1.82) is 0 Å². The fourth-order valence-corrected chi connectivity index (χ4v) is 2.62. The van der Waals surface area contributed by atoms with E-state index in [-0.39, 0.29) is 5.92 Å². The minimum atomic E-state index is -0.714. The lowest BCUT2D eigenvalue weighted by molar-refractivity contribution is 0.0599. The van der Waals surface area contributed by atoms with Gasteiger partial charge in [0.05, 0.1) is 5.60 Å². The lowest BCUT2D eigenvalue weighted by atomic mass is 9.87. The number of aromatic amines is 1. The molecular formula is C15H27N3OS. The number of aliphatic hydroxyl groups is 1. The highest BCUT2D eigenvalue weighted by Crippen LogP contribution is 2.30. The number of nitrogens with zero attached hydrogens (tertiary/aromatic N) is 2. The van der Waals surface area contributed by atoms with Gasteiger partial charge in [0.1, 0.15) is 5.82 Å². The predicted octanol–water partition coefficient (Wildman–Crippen LogP) is 3.81. The van der Waals surface area contributed by atoms with Crippen LogP contribution >= 0.6 is 12.2 Å². The van der Waals surface area contributed by atoms with E-state index in [0.717, 1.165) is 18.7 Å². The van der Waals surface area contributed by atoms with Crippen LogP contribution in [-0.2, 0) is 6.54 Å². The molecular weight excluding hydrogens is 270 g/mol. The van der Waals surface area contributed by atoms with Gasteiger partial charge in [0.25, 0.3) is 0 Å². The zero-order valence-corrected chi connectivity index (χ0v) is 13.8. The third-order valence-corrected chi connectivity index (χ3v) is 3.61. The van der Waals surface area contributed by atoms with Crippen molar-refractivity contribution in [2.75, 3.05) is 0 Å². The van der Waals surface area contributed by atoms with Crippen molar-refractivity contribution in [3.8, 4) is 0 Å². The second kappa shape index (κ2) is 7.18. The van der Waals surface area contributed by atoms with Crippen LogP contribution in [0.4, 0.5) is 0 Å². The zero-order valence-electron chi connectivity index (χ0n) is 13.0. The molecule has 0 spiro atoms. The number of allylic oxidation sites excluding steroid dienone is 1. The molecule has 0 saturated heterocycles. The summed E-state index contributed by atoms with van der Waals surface area (Å²) < 4.78 is 2.59. The Bertz CT molecular complexity index is 482. The highest BCUT2D eigenvalue weighted by Gasteiger charge is 2.25. The summed E-state index contributed by atoms with van der Waals surface area (Å²) in [6, 6.07) is 0. The summed E-state index contributed by atoms with van der Waals surface area (Å²) in [5.41, 5.74) is -0.714. The number of H-pyrrole nitrogens is 1. The smallest absolute Gasteiger partial charge is 0.195 e. The lowest BCUT2D eigenvalue weighted by Gasteiger charge is -2.25. The van der Waals surface area contributed by atoms with E-state index in [9.17, 15) is 5.11 Å². The van der Waals surface area contributed by atoms with E-state index in [0.29, 0.717) is 23.7 Å². The summed E-state index contributed by atoms with van der Waals surface area (Å²) in [4.78, 5) is 0. The molecule has 4 nitrogen and oxygen atoms in total. The first-order valence-electron chi connectivity index (χ1n) is 7.23. The van der Waals surface area contributed by atoms with Crippen LogP contribution in [0.1, 0.15) is 58.7 Å². The average Bonchev–Trinajstić information content (AvgIpc) is 2.66. The molecule has 5 heteroatoms. The molecule has 114 valence electrons. The van der Waals surface area contributed by atoms with E-state index in [1.54, 1.807) is 0 Å². The Balaban J connectivity index is 3.02. The largest absolute Gasteiger partial charge is 0.390 e. The summed E-state index contributed by atoms with van der Waals surface area (Å²) in [7, 11) is 0. The summed E-state index contributed by atoms with van der Waals surface area (Å²) in [5.74, 6) is 1.76. The molecule has 0 bridgehead atoms. The van der Waals surface area contributed by atoms with Crippen molar-refractivity contribution in [2.45, 2.75) is 65.0 Å². The van der Waals surface area contributed by atoms with Crippen LogP contribution in [0.3, 0.4) is 0 Å². The first kappa shape index (κ1) is 17.1. The van der Waals surface area contributed by atoms with Gasteiger partial charge >= 0.3 is 0 Å². The van der Waals surface area contributed by atoms with Gasteiger partial charge in [-0.2, -0.15) is 5.10 Å². The van der Waals surface area contributed by atoms with E-state index in [1.165, 1.54) is 0 Å². The van der Waals surface area contributed by atoms with Gasteiger partial charge in [-0.3, -0.25) is 5.10 Å². The van der Waals surface area contributed by atoms with Gasteiger partial charge in [-0.1, -0.05) is 26.3 Å². The molecule has 0 fully saturated rings. The highest BCUT2D eigenvalue weighted by molar-refractivity contribution is 7.71. The maximum Gasteiger partial charge on any atom is 0.195 e. The third-order valence-electron chi connectivity index (χ3n) is 3.30. The Hall–Kier alpha value is -0.940. The highest BCUT2D eigenvalue weighted by atomic mass is 32.1. The van der Waals surface area contributed by atoms with E-state index >= 15 is 0 Å². The van der Waals surface area contributed by atoms with E-state index in [4.69, 9.17) is 12.2 Å². The molecule has 0 aliphatic heterocycles. The van der Waals surface area contributed by atoms with Crippen molar-refractivity contribution in [3.05, 3.63) is 23.3 Å². The number of nitrogens with one attached hydrogen (secondary N) is 1. The molecule has 0 aromatic carbocycles. The third kappa shape index (κ3) is 5.21. The van der Waals surface area contributed by atoms with Crippen LogP contribution in [0, 0.1) is 10.7 Å². The van der Waals surface area contributed by atoms with Gasteiger partial charge in [-0.15, -0.1) is 6.58 Å². The maximum absolute atomic E-state index is 10.1. The summed E-state index contributed by atoms with van der Waals surface area (Å²) >= 11 is 5.27. The number of rotatable bonds is 8. The molecule has 1 aromatic rings. The second-order valence-corrected chi connectivity index (χ2v) is 6.86. The standard InChI is InChI=1S/C15H27N3OS/c1-6-9-18-13(16-17-14(18)20)12(8-7-11(2)3)10-15(4,5)19/h6,11-12,19H,1,7-10H2,2-5H3,(H,17,20)/t12-/m0/s1. The Morgan fingerprint density at radius 1 is 1.45 bits per heavy atom. The average molecular weight is 297 g/mol. The molecule has 0 aliphatic rings. The number of hydrogen-bond acceptors (Lipinski definition) is 3. The monoisotopic (exact) mass is 297 g/mol. The van der Waals surface area contributed by atoms with Gasteiger partial charge in [-0.25, -0.2) is 0 Å². The van der Waals surface area contributed by atoms with E-state index < -0.39 is 5.60 Å². The molecule has 1 heterocycles. The number of hydrogen-bond donors (Lipinski definition) is 2. The molecule has 0 saturated carbocycles. The molecule has 1 aromatic heterocycles. The van der Waals surface area contributed by atoms with Gasteiger partial charge in [-0.05, 0) is 44.8 Å². The predicted molar refractivity (Wildman–Crippen MR) is 85.3 cm³/mol. The van der Waals surface area contributed by atoms with Crippen molar-refractivity contribution in [2.24, 2.45) is 5.92 Å².